The summed E-state index contributed by atoms with van der Waals surface area (Å²) in [6.07, 6.45) is 0. The highest BCUT2D eigenvalue weighted by Crippen LogP contribution is 2.36. The minimum atomic E-state index is -0.252. The van der Waals surface area contributed by atoms with Crippen molar-refractivity contribution in [1.29, 1.82) is 0 Å². The number of piperazine rings is 1. The molecule has 1 aliphatic rings. The van der Waals surface area contributed by atoms with Gasteiger partial charge in [0.15, 0.2) is 5.13 Å². The first-order valence-corrected chi connectivity index (χ1v) is 10.9. The predicted molar refractivity (Wildman–Crippen MR) is 115 cm³/mol. The van der Waals surface area contributed by atoms with Gasteiger partial charge in [0.25, 0.3) is 5.91 Å². The molecule has 142 valence electrons. The van der Waals surface area contributed by atoms with Crippen molar-refractivity contribution in [3.8, 4) is 0 Å². The quantitative estimate of drug-likeness (QED) is 0.434. The predicted octanol–water partition coefficient (Wildman–Crippen LogP) is 5.27. The van der Waals surface area contributed by atoms with Crippen molar-refractivity contribution in [2.75, 3.05) is 31.1 Å². The fourth-order valence-electron chi connectivity index (χ4n) is 3.42. The van der Waals surface area contributed by atoms with Crippen molar-refractivity contribution in [2.24, 2.45) is 0 Å². The van der Waals surface area contributed by atoms with Gasteiger partial charge in [0, 0.05) is 36.3 Å². The zero-order valence-corrected chi connectivity index (χ0v) is 17.1. The van der Waals surface area contributed by atoms with Crippen molar-refractivity contribution in [2.45, 2.75) is 0 Å². The summed E-state index contributed by atoms with van der Waals surface area (Å²) in [6.45, 7) is 2.59. The molecule has 4 nitrogen and oxygen atoms in total. The molecule has 5 rings (SSSR count). The van der Waals surface area contributed by atoms with E-state index in [0.29, 0.717) is 36.1 Å². The summed E-state index contributed by atoms with van der Waals surface area (Å²) in [5.41, 5.74) is 0.803. The smallest absolute Gasteiger partial charge is 0.265 e. The van der Waals surface area contributed by atoms with Crippen LogP contribution in [0.5, 0.6) is 0 Å². The van der Waals surface area contributed by atoms with E-state index in [9.17, 15) is 9.18 Å². The Labute approximate surface area is 173 Å². The number of nitrogens with zero attached hydrogens (tertiary/aromatic N) is 3. The highest BCUT2D eigenvalue weighted by atomic mass is 35.5. The average Bonchev–Trinajstić information content (AvgIpc) is 3.29. The molecule has 1 saturated heterocycles. The summed E-state index contributed by atoms with van der Waals surface area (Å²) in [6, 6.07) is 12.4. The summed E-state index contributed by atoms with van der Waals surface area (Å²) in [5.74, 6) is -0.268. The van der Waals surface area contributed by atoms with Crippen molar-refractivity contribution in [3.63, 3.8) is 0 Å². The van der Waals surface area contributed by atoms with Gasteiger partial charge in [-0.2, -0.15) is 0 Å². The van der Waals surface area contributed by atoms with Gasteiger partial charge in [0.05, 0.1) is 15.2 Å². The first-order valence-electron chi connectivity index (χ1n) is 8.87. The maximum absolute atomic E-state index is 13.4. The van der Waals surface area contributed by atoms with Crippen LogP contribution < -0.4 is 4.90 Å². The molecule has 0 atom stereocenters. The molecule has 1 aliphatic heterocycles. The van der Waals surface area contributed by atoms with Crippen LogP contribution in [0.3, 0.4) is 0 Å². The molecule has 2 aromatic heterocycles. The Morgan fingerprint density at radius 3 is 2.61 bits per heavy atom. The van der Waals surface area contributed by atoms with Gasteiger partial charge in [-0.25, -0.2) is 9.37 Å². The molecule has 0 unspecified atom stereocenters. The van der Waals surface area contributed by atoms with Gasteiger partial charge in [0.2, 0.25) is 0 Å². The third-order valence-electron chi connectivity index (χ3n) is 4.91. The molecule has 8 heteroatoms. The van der Waals surface area contributed by atoms with Crippen LogP contribution in [0.2, 0.25) is 5.02 Å². The number of anilines is 1. The lowest BCUT2D eigenvalue weighted by Gasteiger charge is -2.34. The van der Waals surface area contributed by atoms with Crippen molar-refractivity contribution in [1.82, 2.24) is 9.88 Å². The van der Waals surface area contributed by atoms with Crippen LogP contribution in [0.4, 0.5) is 9.52 Å². The lowest BCUT2D eigenvalue weighted by atomic mass is 10.2. The molecular formula is C20H15ClFN3OS2. The van der Waals surface area contributed by atoms with E-state index in [-0.39, 0.29) is 11.7 Å². The topological polar surface area (TPSA) is 36.4 Å². The highest BCUT2D eigenvalue weighted by Gasteiger charge is 2.27. The number of carbonyl (C=O) groups is 1. The molecular weight excluding hydrogens is 417 g/mol. The second-order valence-electron chi connectivity index (χ2n) is 6.63. The summed E-state index contributed by atoms with van der Waals surface area (Å²) in [5, 5.41) is 2.34. The highest BCUT2D eigenvalue weighted by molar-refractivity contribution is 7.22. The number of rotatable bonds is 2. The van der Waals surface area contributed by atoms with Crippen LogP contribution >= 0.6 is 34.3 Å². The maximum Gasteiger partial charge on any atom is 0.265 e. The number of amides is 1. The fraction of sp³-hybridized carbons (Fsp3) is 0.200. The Hall–Kier alpha value is -2.22. The number of hydrogen-bond donors (Lipinski definition) is 0. The van der Waals surface area contributed by atoms with Gasteiger partial charge in [0.1, 0.15) is 10.7 Å². The van der Waals surface area contributed by atoms with Gasteiger partial charge in [-0.3, -0.25) is 4.79 Å². The Kier molecular flexibility index (Phi) is 4.45. The van der Waals surface area contributed by atoms with Crippen molar-refractivity contribution < 1.29 is 9.18 Å². The number of benzene rings is 2. The SMILES string of the molecule is O=C(c1sc2ccccc2c1Cl)N1CCN(c2nc3ccc(F)cc3s2)CC1. The average molecular weight is 432 g/mol. The van der Waals surface area contributed by atoms with Gasteiger partial charge < -0.3 is 9.80 Å². The molecule has 0 saturated carbocycles. The largest absolute Gasteiger partial charge is 0.345 e. The van der Waals surface area contributed by atoms with Gasteiger partial charge in [-0.15, -0.1) is 11.3 Å². The van der Waals surface area contributed by atoms with E-state index in [0.717, 1.165) is 25.4 Å². The summed E-state index contributed by atoms with van der Waals surface area (Å²) >= 11 is 9.39. The van der Waals surface area contributed by atoms with Crippen LogP contribution in [-0.2, 0) is 0 Å². The first-order chi connectivity index (χ1) is 13.6. The molecule has 0 aliphatic carbocycles. The Bertz CT molecular complexity index is 1200. The Balaban J connectivity index is 1.33. The second kappa shape index (κ2) is 6.99. The van der Waals surface area contributed by atoms with Crippen LogP contribution in [-0.4, -0.2) is 42.0 Å². The van der Waals surface area contributed by atoms with Crippen molar-refractivity contribution in [3.05, 3.63) is 58.2 Å². The Morgan fingerprint density at radius 1 is 1.04 bits per heavy atom. The summed E-state index contributed by atoms with van der Waals surface area (Å²) < 4.78 is 15.3. The number of aromatic nitrogens is 1. The van der Waals surface area contributed by atoms with Crippen LogP contribution in [0.25, 0.3) is 20.3 Å². The molecule has 2 aromatic carbocycles. The minimum absolute atomic E-state index is 0.0165. The standard InChI is InChI=1S/C20H15ClFN3OS2/c21-17-13-3-1-2-4-15(13)27-18(17)19(26)24-7-9-25(10-8-24)20-23-14-6-5-12(22)11-16(14)28-20/h1-6,11H,7-10H2. The molecule has 3 heterocycles. The normalized spacial score (nSPS) is 14.9. The molecule has 1 amide bonds. The molecule has 28 heavy (non-hydrogen) atoms. The molecule has 0 radical (unpaired) electrons. The number of thiophene rings is 1. The van der Waals surface area contributed by atoms with E-state index in [1.807, 2.05) is 29.2 Å². The first kappa shape index (κ1) is 17.8. The zero-order chi connectivity index (χ0) is 19.3. The fourth-order valence-corrected chi connectivity index (χ4v) is 5.94. The summed E-state index contributed by atoms with van der Waals surface area (Å²) in [4.78, 5) is 22.2. The zero-order valence-electron chi connectivity index (χ0n) is 14.7. The third kappa shape index (κ3) is 3.03. The Morgan fingerprint density at radius 2 is 1.82 bits per heavy atom. The number of thiazole rings is 1. The van der Waals surface area contributed by atoms with Gasteiger partial charge >= 0.3 is 0 Å². The number of fused-ring (bicyclic) bond motifs is 2. The van der Waals surface area contributed by atoms with Crippen molar-refractivity contribution >= 4 is 65.6 Å². The van der Waals surface area contributed by atoms with Gasteiger partial charge in [-0.1, -0.05) is 41.1 Å². The van der Waals surface area contributed by atoms with E-state index in [1.54, 1.807) is 6.07 Å². The van der Waals surface area contributed by atoms with Crippen LogP contribution in [0.1, 0.15) is 9.67 Å². The van der Waals surface area contributed by atoms with Gasteiger partial charge in [-0.05, 0) is 24.3 Å². The van der Waals surface area contributed by atoms with Crippen LogP contribution in [0.15, 0.2) is 42.5 Å². The van der Waals surface area contributed by atoms with E-state index in [2.05, 4.69) is 9.88 Å². The molecule has 0 N–H and O–H groups in total. The van der Waals surface area contributed by atoms with E-state index < -0.39 is 0 Å². The van der Waals surface area contributed by atoms with E-state index >= 15 is 0 Å². The molecule has 4 aromatic rings. The lowest BCUT2D eigenvalue weighted by Crippen LogP contribution is -2.48. The molecule has 1 fully saturated rings. The molecule has 0 spiro atoms. The maximum atomic E-state index is 13.4. The number of halogens is 2. The van der Waals surface area contributed by atoms with E-state index in [4.69, 9.17) is 11.6 Å². The molecule has 0 bridgehead atoms. The third-order valence-corrected chi connectivity index (χ3v) is 7.65. The van der Waals surface area contributed by atoms with Crippen LogP contribution in [0, 0.1) is 5.82 Å². The minimum Gasteiger partial charge on any atom is -0.345 e. The van der Waals surface area contributed by atoms with E-state index in [1.165, 1.54) is 34.8 Å². The number of carbonyl (C=O) groups excluding carboxylic acids is 1. The number of hydrogen-bond acceptors (Lipinski definition) is 5. The summed E-state index contributed by atoms with van der Waals surface area (Å²) in [7, 11) is 0. The lowest BCUT2D eigenvalue weighted by molar-refractivity contribution is 0.0752. The monoisotopic (exact) mass is 431 g/mol. The second-order valence-corrected chi connectivity index (χ2v) is 9.07.